The fourth-order valence-corrected chi connectivity index (χ4v) is 4.12. The van der Waals surface area contributed by atoms with Gasteiger partial charge in [-0.3, -0.25) is 4.90 Å². The van der Waals surface area contributed by atoms with Crippen molar-refractivity contribution in [2.75, 3.05) is 39.5 Å². The monoisotopic (exact) mass is 340 g/mol. The zero-order valence-electron chi connectivity index (χ0n) is 14.4. The van der Waals surface area contributed by atoms with Crippen LogP contribution >= 0.6 is 11.8 Å². The van der Waals surface area contributed by atoms with E-state index in [0.29, 0.717) is 6.04 Å². The molecule has 1 fully saturated rings. The molecule has 2 aromatic carbocycles. The van der Waals surface area contributed by atoms with Crippen molar-refractivity contribution in [3.05, 3.63) is 53.6 Å². The van der Waals surface area contributed by atoms with E-state index in [0.717, 1.165) is 44.1 Å². The lowest BCUT2D eigenvalue weighted by atomic mass is 9.96. The van der Waals surface area contributed by atoms with Crippen LogP contribution in [0.1, 0.15) is 17.2 Å². The number of nitrogens with zero attached hydrogens (tertiary/aromatic N) is 2. The minimum Gasteiger partial charge on any atom is -0.457 e. The Morgan fingerprint density at radius 1 is 1.00 bits per heavy atom. The van der Waals surface area contributed by atoms with Crippen molar-refractivity contribution in [1.29, 1.82) is 0 Å². The highest BCUT2D eigenvalue weighted by Gasteiger charge is 2.30. The molecule has 1 atom stereocenters. The van der Waals surface area contributed by atoms with Crippen LogP contribution in [0.5, 0.6) is 11.5 Å². The summed E-state index contributed by atoms with van der Waals surface area (Å²) in [6.45, 7) is 4.51. The Labute approximate surface area is 148 Å². The van der Waals surface area contributed by atoms with E-state index >= 15 is 0 Å². The molecule has 1 unspecified atom stereocenters. The first-order valence-electron chi connectivity index (χ1n) is 8.61. The molecule has 4 heteroatoms. The fourth-order valence-electron chi connectivity index (χ4n) is 3.68. The van der Waals surface area contributed by atoms with Crippen LogP contribution in [0.4, 0.5) is 0 Å². The van der Waals surface area contributed by atoms with Crippen molar-refractivity contribution in [2.24, 2.45) is 0 Å². The van der Waals surface area contributed by atoms with Gasteiger partial charge in [-0.1, -0.05) is 18.2 Å². The van der Waals surface area contributed by atoms with Crippen LogP contribution in [0.25, 0.3) is 0 Å². The maximum absolute atomic E-state index is 6.30. The third kappa shape index (κ3) is 3.06. The predicted octanol–water partition coefficient (Wildman–Crippen LogP) is 4.05. The van der Waals surface area contributed by atoms with E-state index < -0.39 is 0 Å². The molecule has 3 nitrogen and oxygen atoms in total. The van der Waals surface area contributed by atoms with Crippen LogP contribution < -0.4 is 4.74 Å². The van der Waals surface area contributed by atoms with Crippen molar-refractivity contribution in [3.8, 4) is 11.5 Å². The molecule has 2 aliphatic heterocycles. The molecule has 0 aliphatic carbocycles. The molecule has 0 amide bonds. The van der Waals surface area contributed by atoms with Crippen LogP contribution in [-0.4, -0.2) is 49.3 Å². The summed E-state index contributed by atoms with van der Waals surface area (Å²) < 4.78 is 6.30. The highest BCUT2D eigenvalue weighted by molar-refractivity contribution is 7.98. The number of para-hydroxylation sites is 1. The molecule has 4 rings (SSSR count). The molecule has 126 valence electrons. The number of thioether (sulfide) groups is 1. The molecule has 0 radical (unpaired) electrons. The number of likely N-dealkylation sites (N-methyl/N-ethyl adjacent to an activating group) is 1. The van der Waals surface area contributed by atoms with Crippen LogP contribution in [0.3, 0.4) is 0 Å². The maximum Gasteiger partial charge on any atom is 0.132 e. The summed E-state index contributed by atoms with van der Waals surface area (Å²) in [4.78, 5) is 6.35. The number of fused-ring (bicyclic) bond motifs is 2. The second-order valence-corrected chi connectivity index (χ2v) is 7.55. The van der Waals surface area contributed by atoms with Crippen LogP contribution in [0.2, 0.25) is 0 Å². The number of benzene rings is 2. The largest absolute Gasteiger partial charge is 0.457 e. The number of hydrogen-bond donors (Lipinski definition) is 0. The number of hydrogen-bond acceptors (Lipinski definition) is 4. The Morgan fingerprint density at radius 3 is 2.58 bits per heavy atom. The lowest BCUT2D eigenvalue weighted by Gasteiger charge is -2.38. The van der Waals surface area contributed by atoms with E-state index in [9.17, 15) is 0 Å². The zero-order chi connectivity index (χ0) is 16.5. The molecule has 0 aromatic heterocycles. The Hall–Kier alpha value is -1.49. The van der Waals surface area contributed by atoms with Crippen molar-refractivity contribution in [1.82, 2.24) is 9.80 Å². The summed E-state index contributed by atoms with van der Waals surface area (Å²) in [5.41, 5.74) is 2.64. The van der Waals surface area contributed by atoms with E-state index in [1.807, 2.05) is 0 Å². The molecule has 0 spiro atoms. The first-order chi connectivity index (χ1) is 11.7. The number of piperazine rings is 1. The Bertz CT molecular complexity index is 725. The summed E-state index contributed by atoms with van der Waals surface area (Å²) in [6, 6.07) is 15.5. The molecular formula is C20H24N2OS. The van der Waals surface area contributed by atoms with Gasteiger partial charge < -0.3 is 9.64 Å². The Morgan fingerprint density at radius 2 is 1.79 bits per heavy atom. The highest BCUT2D eigenvalue weighted by atomic mass is 32.2. The van der Waals surface area contributed by atoms with Crippen molar-refractivity contribution in [2.45, 2.75) is 17.4 Å². The molecule has 0 saturated carbocycles. The first kappa shape index (κ1) is 16.0. The van der Waals surface area contributed by atoms with Gasteiger partial charge in [-0.05, 0) is 49.6 Å². The van der Waals surface area contributed by atoms with Gasteiger partial charge >= 0.3 is 0 Å². The maximum atomic E-state index is 6.30. The lowest BCUT2D eigenvalue weighted by Crippen LogP contribution is -2.46. The molecule has 0 N–H and O–H groups in total. The van der Waals surface area contributed by atoms with Crippen molar-refractivity contribution in [3.63, 3.8) is 0 Å². The third-order valence-corrected chi connectivity index (χ3v) is 5.89. The van der Waals surface area contributed by atoms with E-state index in [1.54, 1.807) is 11.8 Å². The summed E-state index contributed by atoms with van der Waals surface area (Å²) in [5.74, 6) is 2.02. The van der Waals surface area contributed by atoms with Crippen molar-refractivity contribution < 1.29 is 4.74 Å². The lowest BCUT2D eigenvalue weighted by molar-refractivity contribution is 0.111. The number of ether oxygens (including phenoxy) is 1. The van der Waals surface area contributed by atoms with Gasteiger partial charge in [0.25, 0.3) is 0 Å². The van der Waals surface area contributed by atoms with E-state index in [1.165, 1.54) is 16.0 Å². The van der Waals surface area contributed by atoms with E-state index in [4.69, 9.17) is 4.74 Å². The zero-order valence-corrected chi connectivity index (χ0v) is 15.2. The average molecular weight is 340 g/mol. The third-order valence-electron chi connectivity index (χ3n) is 5.16. The SMILES string of the molecule is CSc1ccc2c(c1)C(N1CCN(C)CC1)Cc1ccccc1O2. The van der Waals surface area contributed by atoms with E-state index in [2.05, 4.69) is 65.6 Å². The quantitative estimate of drug-likeness (QED) is 0.766. The van der Waals surface area contributed by atoms with Gasteiger partial charge in [0.1, 0.15) is 11.5 Å². The second-order valence-electron chi connectivity index (χ2n) is 6.67. The average Bonchev–Trinajstić information content (AvgIpc) is 2.78. The second kappa shape index (κ2) is 6.79. The number of rotatable bonds is 2. The Kier molecular flexibility index (Phi) is 4.53. The first-order valence-corrected chi connectivity index (χ1v) is 9.83. The molecule has 24 heavy (non-hydrogen) atoms. The van der Waals surface area contributed by atoms with Crippen LogP contribution in [-0.2, 0) is 6.42 Å². The molecule has 0 bridgehead atoms. The summed E-state index contributed by atoms with van der Waals surface area (Å²) in [6.07, 6.45) is 3.16. The highest BCUT2D eigenvalue weighted by Crippen LogP contribution is 2.42. The molecule has 1 saturated heterocycles. The van der Waals surface area contributed by atoms with Crippen LogP contribution in [0.15, 0.2) is 47.4 Å². The van der Waals surface area contributed by atoms with Gasteiger partial charge in [0.15, 0.2) is 0 Å². The normalized spacial score (nSPS) is 21.5. The summed E-state index contributed by atoms with van der Waals surface area (Å²) in [7, 11) is 2.21. The summed E-state index contributed by atoms with van der Waals surface area (Å²) in [5, 5.41) is 0. The van der Waals surface area contributed by atoms with Gasteiger partial charge in [-0.25, -0.2) is 0 Å². The van der Waals surface area contributed by atoms with Gasteiger partial charge in [0.05, 0.1) is 0 Å². The Balaban J connectivity index is 1.76. The summed E-state index contributed by atoms with van der Waals surface area (Å²) >= 11 is 1.80. The predicted molar refractivity (Wildman–Crippen MR) is 100 cm³/mol. The minimum absolute atomic E-state index is 0.393. The van der Waals surface area contributed by atoms with Crippen molar-refractivity contribution >= 4 is 11.8 Å². The molecular weight excluding hydrogens is 316 g/mol. The van der Waals surface area contributed by atoms with Gasteiger partial charge in [-0.2, -0.15) is 0 Å². The fraction of sp³-hybridized carbons (Fsp3) is 0.400. The van der Waals surface area contributed by atoms with E-state index in [-0.39, 0.29) is 0 Å². The smallest absolute Gasteiger partial charge is 0.132 e. The molecule has 2 heterocycles. The van der Waals surface area contributed by atoms with Gasteiger partial charge in [0.2, 0.25) is 0 Å². The van der Waals surface area contributed by atoms with Gasteiger partial charge in [-0.15, -0.1) is 11.8 Å². The molecule has 2 aromatic rings. The molecule has 2 aliphatic rings. The minimum atomic E-state index is 0.393. The standard InChI is InChI=1S/C20H24N2OS/c1-21-9-11-22(12-10-21)18-13-15-5-3-4-6-19(15)23-20-8-7-16(24-2)14-17(18)20/h3-8,14,18H,9-13H2,1-2H3. The topological polar surface area (TPSA) is 15.7 Å². The van der Waals surface area contributed by atoms with Gasteiger partial charge in [0, 0.05) is 42.7 Å². The van der Waals surface area contributed by atoms with Crippen LogP contribution in [0, 0.1) is 0 Å².